The zero-order valence-electron chi connectivity index (χ0n) is 12.6. The van der Waals surface area contributed by atoms with Crippen molar-refractivity contribution in [3.63, 3.8) is 0 Å². The van der Waals surface area contributed by atoms with Crippen molar-refractivity contribution in [3.05, 3.63) is 41.7 Å². The van der Waals surface area contributed by atoms with Crippen molar-refractivity contribution >= 4 is 5.91 Å². The van der Waals surface area contributed by atoms with Gasteiger partial charge in [-0.1, -0.05) is 0 Å². The highest BCUT2D eigenvalue weighted by molar-refractivity contribution is 5.93. The summed E-state index contributed by atoms with van der Waals surface area (Å²) in [5.74, 6) is -1.83. The smallest absolute Gasteiger partial charge is 0.370 e. The van der Waals surface area contributed by atoms with Crippen LogP contribution in [0.5, 0.6) is 0 Å². The molecule has 1 aliphatic heterocycles. The third-order valence-electron chi connectivity index (χ3n) is 3.73. The third kappa shape index (κ3) is 3.23. The van der Waals surface area contributed by atoms with Gasteiger partial charge in [0.25, 0.3) is 5.91 Å². The molecule has 0 aliphatic carbocycles. The molecule has 0 radical (unpaired) electrons. The molecule has 10 heteroatoms. The minimum atomic E-state index is -4.64. The molecule has 1 saturated heterocycles. The molecular weight excluding hydrogens is 327 g/mol. The fourth-order valence-corrected chi connectivity index (χ4v) is 2.54. The molecule has 1 aliphatic rings. The molecule has 0 aromatic carbocycles. The summed E-state index contributed by atoms with van der Waals surface area (Å²) in [4.78, 5) is 18.6. The van der Waals surface area contributed by atoms with Gasteiger partial charge in [-0.15, -0.1) is 0 Å². The molecule has 1 amide bonds. The lowest BCUT2D eigenvalue weighted by molar-refractivity contribution is -0.145. The molecule has 24 heavy (non-hydrogen) atoms. The first-order valence-electron chi connectivity index (χ1n) is 7.16. The van der Waals surface area contributed by atoms with Gasteiger partial charge in [0, 0.05) is 32.2 Å². The molecule has 2 aromatic rings. The summed E-state index contributed by atoms with van der Waals surface area (Å²) in [7, 11) is 1.76. The van der Waals surface area contributed by atoms with Crippen molar-refractivity contribution in [2.75, 3.05) is 6.61 Å². The zero-order chi connectivity index (χ0) is 17.3. The Hall–Kier alpha value is -2.49. The van der Waals surface area contributed by atoms with E-state index in [-0.39, 0.29) is 17.7 Å². The van der Waals surface area contributed by atoms with Gasteiger partial charge in [0.05, 0.1) is 17.3 Å². The van der Waals surface area contributed by atoms with Gasteiger partial charge in [-0.3, -0.25) is 9.48 Å². The number of aryl methyl sites for hydroxylation is 1. The lowest BCUT2D eigenvalue weighted by atomic mass is 10.1. The molecule has 7 nitrogen and oxygen atoms in total. The third-order valence-corrected chi connectivity index (χ3v) is 3.73. The molecule has 0 spiro atoms. The van der Waals surface area contributed by atoms with Crippen LogP contribution in [0.2, 0.25) is 0 Å². The number of rotatable bonds is 3. The molecule has 2 aromatic heterocycles. The molecule has 3 heterocycles. The van der Waals surface area contributed by atoms with Crippen LogP contribution in [-0.2, 0) is 18.0 Å². The Morgan fingerprint density at radius 2 is 2.08 bits per heavy atom. The van der Waals surface area contributed by atoms with Crippen molar-refractivity contribution in [1.82, 2.24) is 25.1 Å². The highest BCUT2D eigenvalue weighted by Gasteiger charge is 2.35. The van der Waals surface area contributed by atoms with Crippen LogP contribution in [-0.4, -0.2) is 38.3 Å². The van der Waals surface area contributed by atoms with Crippen LogP contribution in [0.25, 0.3) is 0 Å². The average Bonchev–Trinajstić information content (AvgIpc) is 3.15. The van der Waals surface area contributed by atoms with Gasteiger partial charge in [-0.25, -0.2) is 9.97 Å². The van der Waals surface area contributed by atoms with Crippen LogP contribution in [0.4, 0.5) is 13.2 Å². The molecule has 3 rings (SSSR count). The Morgan fingerprint density at radius 1 is 1.38 bits per heavy atom. The van der Waals surface area contributed by atoms with Gasteiger partial charge in [0.2, 0.25) is 5.82 Å². The van der Waals surface area contributed by atoms with Crippen LogP contribution < -0.4 is 5.32 Å². The number of nitrogens with one attached hydrogen (secondary N) is 1. The predicted molar refractivity (Wildman–Crippen MR) is 74.8 cm³/mol. The number of ether oxygens (including phenoxy) is 1. The Morgan fingerprint density at radius 3 is 2.67 bits per heavy atom. The second kappa shape index (κ2) is 6.19. The average molecular weight is 341 g/mol. The van der Waals surface area contributed by atoms with Crippen molar-refractivity contribution in [2.24, 2.45) is 7.05 Å². The number of aromatic nitrogens is 4. The normalized spacial score (nSPS) is 21.0. The van der Waals surface area contributed by atoms with Crippen LogP contribution >= 0.6 is 0 Å². The van der Waals surface area contributed by atoms with E-state index in [1.807, 2.05) is 0 Å². The predicted octanol–water partition coefficient (Wildman–Crippen LogP) is 1.49. The molecule has 0 unspecified atom stereocenters. The summed E-state index contributed by atoms with van der Waals surface area (Å²) < 4.78 is 44.6. The first-order chi connectivity index (χ1) is 11.4. The Bertz CT molecular complexity index is 729. The summed E-state index contributed by atoms with van der Waals surface area (Å²) in [6.07, 6.45) is -1.07. The van der Waals surface area contributed by atoms with E-state index >= 15 is 0 Å². The number of amides is 1. The molecule has 128 valence electrons. The van der Waals surface area contributed by atoms with Gasteiger partial charge < -0.3 is 10.1 Å². The molecule has 0 saturated carbocycles. The summed E-state index contributed by atoms with van der Waals surface area (Å²) >= 11 is 0. The van der Waals surface area contributed by atoms with Crippen LogP contribution in [0.1, 0.15) is 34.4 Å². The van der Waals surface area contributed by atoms with Gasteiger partial charge in [0.1, 0.15) is 6.10 Å². The summed E-state index contributed by atoms with van der Waals surface area (Å²) in [6.45, 7) is 0.463. The van der Waals surface area contributed by atoms with Gasteiger partial charge in [-0.05, 0) is 12.5 Å². The van der Waals surface area contributed by atoms with Gasteiger partial charge in [-0.2, -0.15) is 18.3 Å². The zero-order valence-corrected chi connectivity index (χ0v) is 12.6. The summed E-state index contributed by atoms with van der Waals surface area (Å²) in [6, 6.07) is 1.48. The van der Waals surface area contributed by atoms with Gasteiger partial charge in [0.15, 0.2) is 0 Å². The number of halogens is 3. The number of alkyl halides is 3. The van der Waals surface area contributed by atoms with Crippen LogP contribution in [0.3, 0.4) is 0 Å². The maximum atomic E-state index is 12.4. The highest BCUT2D eigenvalue weighted by atomic mass is 19.4. The SMILES string of the molecule is Cn1nccc1[C@H]1OCC[C@@H]1NC(=O)c1cnc(C(F)(F)F)nc1. The van der Waals surface area contributed by atoms with E-state index in [4.69, 9.17) is 4.74 Å². The lowest BCUT2D eigenvalue weighted by Gasteiger charge is -2.20. The van der Waals surface area contributed by atoms with E-state index < -0.39 is 17.9 Å². The number of hydrogen-bond donors (Lipinski definition) is 1. The quantitative estimate of drug-likeness (QED) is 0.915. The molecule has 2 atom stereocenters. The first kappa shape index (κ1) is 16.4. The minimum absolute atomic E-state index is 0.0429. The number of carbonyl (C=O) groups excluding carboxylic acids is 1. The second-order valence-corrected chi connectivity index (χ2v) is 5.33. The second-order valence-electron chi connectivity index (χ2n) is 5.33. The minimum Gasteiger partial charge on any atom is -0.370 e. The van der Waals surface area contributed by atoms with E-state index in [9.17, 15) is 18.0 Å². The largest absolute Gasteiger partial charge is 0.451 e. The van der Waals surface area contributed by atoms with E-state index in [2.05, 4.69) is 20.4 Å². The maximum Gasteiger partial charge on any atom is 0.451 e. The summed E-state index contributed by atoms with van der Waals surface area (Å²) in [5.41, 5.74) is 0.764. The maximum absolute atomic E-state index is 12.4. The van der Waals surface area contributed by atoms with Crippen LogP contribution in [0, 0.1) is 0 Å². The Labute approximate surface area is 134 Å². The fourth-order valence-electron chi connectivity index (χ4n) is 2.54. The van der Waals surface area contributed by atoms with E-state index in [1.165, 1.54) is 0 Å². The van der Waals surface area contributed by atoms with E-state index in [0.29, 0.717) is 13.0 Å². The fraction of sp³-hybridized carbons (Fsp3) is 0.429. The summed E-state index contributed by atoms with van der Waals surface area (Å²) in [5, 5.41) is 6.82. The topological polar surface area (TPSA) is 81.9 Å². The van der Waals surface area contributed by atoms with Crippen molar-refractivity contribution in [2.45, 2.75) is 24.7 Å². The first-order valence-corrected chi connectivity index (χ1v) is 7.16. The number of nitrogens with zero attached hydrogens (tertiary/aromatic N) is 4. The molecule has 1 N–H and O–H groups in total. The van der Waals surface area contributed by atoms with Crippen LogP contribution in [0.15, 0.2) is 24.7 Å². The van der Waals surface area contributed by atoms with Crippen molar-refractivity contribution in [3.8, 4) is 0 Å². The molecule has 0 bridgehead atoms. The van der Waals surface area contributed by atoms with Crippen molar-refractivity contribution < 1.29 is 22.7 Å². The molecule has 1 fully saturated rings. The number of carbonyl (C=O) groups is 1. The standard InChI is InChI=1S/C14H14F3N5O2/c1-22-10(2-4-20-22)11-9(3-5-24-11)21-12(23)8-6-18-13(19-7-8)14(15,16)17/h2,4,6-7,9,11H,3,5H2,1H3,(H,21,23)/t9-,11-/m0/s1. The highest BCUT2D eigenvalue weighted by Crippen LogP contribution is 2.29. The van der Waals surface area contributed by atoms with E-state index in [0.717, 1.165) is 18.1 Å². The Balaban J connectivity index is 1.71. The monoisotopic (exact) mass is 341 g/mol. The van der Waals surface area contributed by atoms with Gasteiger partial charge >= 0.3 is 6.18 Å². The lowest BCUT2D eigenvalue weighted by Crippen LogP contribution is -2.37. The number of hydrogen-bond acceptors (Lipinski definition) is 5. The Kier molecular flexibility index (Phi) is 4.22. The van der Waals surface area contributed by atoms with E-state index in [1.54, 1.807) is 24.0 Å². The molecular formula is C14H14F3N5O2. The van der Waals surface area contributed by atoms with Crippen molar-refractivity contribution in [1.29, 1.82) is 0 Å².